The first-order valence-corrected chi connectivity index (χ1v) is 12.7. The molecule has 9 heteroatoms. The van der Waals surface area contributed by atoms with Crippen LogP contribution in [0, 0.1) is 0 Å². The van der Waals surface area contributed by atoms with Crippen LogP contribution >= 0.6 is 50.4 Å². The molecule has 30 heavy (non-hydrogen) atoms. The lowest BCUT2D eigenvalue weighted by molar-refractivity contribution is -0.115. The lowest BCUT2D eigenvalue weighted by Gasteiger charge is -2.00. The monoisotopic (exact) mass is 519 g/mol. The molecule has 4 rings (SSSR count). The molecule has 2 aromatic carbocycles. The van der Waals surface area contributed by atoms with E-state index in [1.165, 1.54) is 16.9 Å². The van der Waals surface area contributed by atoms with Gasteiger partial charge in [0.1, 0.15) is 10.1 Å². The van der Waals surface area contributed by atoms with Crippen LogP contribution in [0.3, 0.4) is 0 Å². The fourth-order valence-electron chi connectivity index (χ4n) is 2.70. The number of anilines is 1. The van der Waals surface area contributed by atoms with E-state index in [9.17, 15) is 4.79 Å². The summed E-state index contributed by atoms with van der Waals surface area (Å²) < 4.78 is 8.54. The van der Waals surface area contributed by atoms with Crippen molar-refractivity contribution in [3.63, 3.8) is 0 Å². The largest absolute Gasteiger partial charge is 0.494 e. The van der Waals surface area contributed by atoms with Gasteiger partial charge in [-0.2, -0.15) is 0 Å². The van der Waals surface area contributed by atoms with Gasteiger partial charge in [0.15, 0.2) is 5.13 Å². The van der Waals surface area contributed by atoms with Gasteiger partial charge in [0, 0.05) is 15.6 Å². The summed E-state index contributed by atoms with van der Waals surface area (Å²) in [6.07, 6.45) is 0.232. The average Bonchev–Trinajstić information content (AvgIpc) is 3.33. The van der Waals surface area contributed by atoms with Crippen LogP contribution < -0.4 is 10.1 Å². The second-order valence-electron chi connectivity index (χ2n) is 6.33. The lowest BCUT2D eigenvalue weighted by Crippen LogP contribution is -2.14. The predicted molar refractivity (Wildman–Crippen MR) is 129 cm³/mol. The molecular weight excluding hydrogens is 502 g/mol. The van der Waals surface area contributed by atoms with E-state index < -0.39 is 0 Å². The summed E-state index contributed by atoms with van der Waals surface area (Å²) in [6, 6.07) is 14.0. The van der Waals surface area contributed by atoms with E-state index in [0.717, 1.165) is 36.2 Å². The quantitative estimate of drug-likeness (QED) is 0.273. The molecule has 2 aromatic heterocycles. The summed E-state index contributed by atoms with van der Waals surface area (Å²) in [5.41, 5.74) is 2.86. The van der Waals surface area contributed by atoms with Gasteiger partial charge in [0.2, 0.25) is 5.91 Å². The second kappa shape index (κ2) is 9.91. The summed E-state index contributed by atoms with van der Waals surface area (Å²) in [4.78, 5) is 21.5. The molecule has 0 atom stereocenters. The minimum absolute atomic E-state index is 0.117. The molecule has 0 fully saturated rings. The summed E-state index contributed by atoms with van der Waals surface area (Å²) >= 11 is 8.13. The van der Waals surface area contributed by atoms with E-state index in [2.05, 4.69) is 43.3 Å². The highest BCUT2D eigenvalue weighted by Crippen LogP contribution is 2.30. The van der Waals surface area contributed by atoms with Crippen LogP contribution in [0.2, 0.25) is 0 Å². The number of aromatic nitrogens is 2. The van der Waals surface area contributed by atoms with Crippen molar-refractivity contribution in [1.82, 2.24) is 9.97 Å². The Morgan fingerprint density at radius 1 is 1.20 bits per heavy atom. The normalized spacial score (nSPS) is 11.0. The fraction of sp³-hybridized carbons (Fsp3) is 0.190. The van der Waals surface area contributed by atoms with Crippen molar-refractivity contribution in [2.24, 2.45) is 0 Å². The van der Waals surface area contributed by atoms with Gasteiger partial charge in [-0.1, -0.05) is 51.2 Å². The summed E-state index contributed by atoms with van der Waals surface area (Å²) in [5, 5.41) is 5.41. The molecule has 2 heterocycles. The number of thioether (sulfide) groups is 1. The van der Waals surface area contributed by atoms with Crippen LogP contribution in [-0.4, -0.2) is 22.5 Å². The first-order valence-electron chi connectivity index (χ1n) is 9.24. The molecule has 154 valence electrons. The van der Waals surface area contributed by atoms with E-state index in [1.54, 1.807) is 23.1 Å². The third-order valence-electron chi connectivity index (χ3n) is 4.07. The molecular formula is C21H18BrN3O2S3. The number of nitrogens with zero attached hydrogens (tertiary/aromatic N) is 2. The van der Waals surface area contributed by atoms with E-state index in [4.69, 9.17) is 4.74 Å². The summed E-state index contributed by atoms with van der Waals surface area (Å²) in [5.74, 6) is 1.54. The number of thiazole rings is 2. The van der Waals surface area contributed by atoms with Gasteiger partial charge < -0.3 is 10.1 Å². The number of ether oxygens (including phenoxy) is 1. The average molecular weight is 520 g/mol. The Labute approximate surface area is 195 Å². The van der Waals surface area contributed by atoms with Gasteiger partial charge in [-0.15, -0.1) is 11.3 Å². The molecule has 0 aliphatic rings. The van der Waals surface area contributed by atoms with Crippen molar-refractivity contribution >= 4 is 71.6 Å². The second-order valence-corrected chi connectivity index (χ2v) is 10.4. The molecule has 0 saturated carbocycles. The maximum Gasteiger partial charge on any atom is 0.232 e. The van der Waals surface area contributed by atoms with Crippen molar-refractivity contribution in [2.45, 2.75) is 23.4 Å². The van der Waals surface area contributed by atoms with E-state index in [-0.39, 0.29) is 12.3 Å². The van der Waals surface area contributed by atoms with Crippen LogP contribution in [0.1, 0.15) is 18.2 Å². The molecule has 0 unspecified atom stereocenters. The maximum absolute atomic E-state index is 12.4. The highest BCUT2D eigenvalue weighted by atomic mass is 79.9. The Morgan fingerprint density at radius 2 is 2.03 bits per heavy atom. The number of halogens is 1. The molecule has 0 aliphatic carbocycles. The number of hydrogen-bond donors (Lipinski definition) is 1. The number of fused-ring (bicyclic) bond motifs is 1. The first-order chi connectivity index (χ1) is 14.6. The van der Waals surface area contributed by atoms with Gasteiger partial charge in [0.05, 0.1) is 28.9 Å². The van der Waals surface area contributed by atoms with Crippen LogP contribution in [-0.2, 0) is 17.0 Å². The maximum atomic E-state index is 12.4. The van der Waals surface area contributed by atoms with E-state index in [1.807, 2.05) is 42.6 Å². The first kappa shape index (κ1) is 21.3. The number of carbonyl (C=O) groups excluding carboxylic acids is 1. The van der Waals surface area contributed by atoms with Crippen LogP contribution in [0.25, 0.3) is 10.2 Å². The third-order valence-corrected chi connectivity index (χ3v) is 7.67. The zero-order chi connectivity index (χ0) is 20.9. The Morgan fingerprint density at radius 3 is 2.83 bits per heavy atom. The zero-order valence-electron chi connectivity index (χ0n) is 16.1. The van der Waals surface area contributed by atoms with E-state index >= 15 is 0 Å². The SMILES string of the molecule is CCOc1ccc2nc(NC(=O)Cc3csc(SCc4ccc(Br)cc4)n3)sc2c1. The van der Waals surface area contributed by atoms with Crippen molar-refractivity contribution in [3.05, 3.63) is 63.6 Å². The molecule has 0 saturated heterocycles. The highest BCUT2D eigenvalue weighted by molar-refractivity contribution is 9.10. The van der Waals surface area contributed by atoms with Crippen LogP contribution in [0.5, 0.6) is 5.75 Å². The zero-order valence-corrected chi connectivity index (χ0v) is 20.1. The summed E-state index contributed by atoms with van der Waals surface area (Å²) in [7, 11) is 0. The topological polar surface area (TPSA) is 64.1 Å². The Kier molecular flexibility index (Phi) is 7.04. The van der Waals surface area contributed by atoms with Crippen molar-refractivity contribution in [1.29, 1.82) is 0 Å². The molecule has 1 amide bonds. The molecule has 0 bridgehead atoms. The fourth-order valence-corrected chi connectivity index (χ4v) is 5.68. The molecule has 1 N–H and O–H groups in total. The van der Waals surface area contributed by atoms with Gasteiger partial charge in [0.25, 0.3) is 0 Å². The number of amides is 1. The number of hydrogen-bond acceptors (Lipinski definition) is 7. The van der Waals surface area contributed by atoms with Gasteiger partial charge in [-0.05, 0) is 42.8 Å². The van der Waals surface area contributed by atoms with Gasteiger partial charge >= 0.3 is 0 Å². The van der Waals surface area contributed by atoms with Crippen molar-refractivity contribution in [2.75, 3.05) is 11.9 Å². The Hall–Kier alpha value is -1.94. The molecule has 0 aliphatic heterocycles. The minimum atomic E-state index is -0.117. The molecule has 4 aromatic rings. The number of benzene rings is 2. The number of rotatable bonds is 8. The smallest absolute Gasteiger partial charge is 0.232 e. The third kappa shape index (κ3) is 5.60. The predicted octanol–water partition coefficient (Wildman–Crippen LogP) is 6.39. The van der Waals surface area contributed by atoms with Crippen LogP contribution in [0.4, 0.5) is 5.13 Å². The van der Waals surface area contributed by atoms with Crippen molar-refractivity contribution < 1.29 is 9.53 Å². The standard InChI is InChI=1S/C21H18BrN3O2S3/c1-2-27-16-7-8-17-18(10-16)30-20(24-17)25-19(26)9-15-12-29-21(23-15)28-11-13-3-5-14(22)6-4-13/h3-8,10,12H,2,9,11H2,1H3,(H,24,25,26). The molecule has 5 nitrogen and oxygen atoms in total. The number of nitrogens with one attached hydrogen (secondary N) is 1. The Bertz CT molecular complexity index is 1160. The van der Waals surface area contributed by atoms with Gasteiger partial charge in [-0.3, -0.25) is 4.79 Å². The molecule has 0 radical (unpaired) electrons. The van der Waals surface area contributed by atoms with Gasteiger partial charge in [-0.25, -0.2) is 9.97 Å². The number of carbonyl (C=O) groups is 1. The minimum Gasteiger partial charge on any atom is -0.494 e. The lowest BCUT2D eigenvalue weighted by atomic mass is 10.2. The highest BCUT2D eigenvalue weighted by Gasteiger charge is 2.12. The summed E-state index contributed by atoms with van der Waals surface area (Å²) in [6.45, 7) is 2.57. The van der Waals surface area contributed by atoms with Crippen LogP contribution in [0.15, 0.2) is 56.7 Å². The molecule has 0 spiro atoms. The van der Waals surface area contributed by atoms with E-state index in [0.29, 0.717) is 11.7 Å². The Balaban J connectivity index is 1.33. The van der Waals surface area contributed by atoms with Crippen molar-refractivity contribution in [3.8, 4) is 5.75 Å².